The van der Waals surface area contributed by atoms with E-state index >= 15 is 0 Å². The monoisotopic (exact) mass is 496 g/mol. The van der Waals surface area contributed by atoms with Crippen molar-refractivity contribution in [1.29, 1.82) is 0 Å². The van der Waals surface area contributed by atoms with Crippen molar-refractivity contribution in [3.63, 3.8) is 0 Å². The molecule has 7 nitrogen and oxygen atoms in total. The molecule has 0 saturated carbocycles. The van der Waals surface area contributed by atoms with Gasteiger partial charge in [0, 0.05) is 24.5 Å². The number of nitrogens with zero attached hydrogens (tertiary/aromatic N) is 2. The average Bonchev–Trinajstić information content (AvgIpc) is 3.44. The number of benzene rings is 1. The third kappa shape index (κ3) is 5.79. The zero-order chi connectivity index (χ0) is 24.1. The van der Waals surface area contributed by atoms with Crippen molar-refractivity contribution < 1.29 is 14.6 Å². The van der Waals surface area contributed by atoms with E-state index in [2.05, 4.69) is 21.7 Å². The van der Waals surface area contributed by atoms with E-state index in [0.29, 0.717) is 23.4 Å². The number of amides is 1. The van der Waals surface area contributed by atoms with E-state index in [4.69, 9.17) is 9.72 Å². The van der Waals surface area contributed by atoms with Gasteiger partial charge in [-0.3, -0.25) is 4.79 Å². The number of nitrogens with one attached hydrogen (secondary N) is 2. The van der Waals surface area contributed by atoms with Crippen molar-refractivity contribution in [2.45, 2.75) is 45.1 Å². The Bertz CT molecular complexity index is 1200. The number of aromatic nitrogens is 2. The predicted octanol–water partition coefficient (Wildman–Crippen LogP) is 4.92. The summed E-state index contributed by atoms with van der Waals surface area (Å²) in [6.45, 7) is 3.88. The molecule has 9 heteroatoms. The van der Waals surface area contributed by atoms with Crippen LogP contribution in [0.5, 0.6) is 0 Å². The fourth-order valence-electron chi connectivity index (χ4n) is 3.90. The van der Waals surface area contributed by atoms with Crippen LogP contribution in [0, 0.1) is 6.92 Å². The lowest BCUT2D eigenvalue weighted by Crippen LogP contribution is -2.45. The van der Waals surface area contributed by atoms with Crippen LogP contribution in [0.15, 0.2) is 59.5 Å². The number of aliphatic hydroxyl groups is 1. The molecule has 2 unspecified atom stereocenters. The second-order valence-corrected chi connectivity index (χ2v) is 10.3. The molecule has 2 aromatic heterocycles. The fourth-order valence-corrected chi connectivity index (χ4v) is 5.61. The highest BCUT2D eigenvalue weighted by Crippen LogP contribution is 2.33. The number of methoxy groups -OCH3 is 1. The Morgan fingerprint density at radius 2 is 2.09 bits per heavy atom. The highest BCUT2D eigenvalue weighted by molar-refractivity contribution is 7.16. The normalized spacial score (nSPS) is 18.4. The van der Waals surface area contributed by atoms with Crippen molar-refractivity contribution in [2.75, 3.05) is 12.4 Å². The van der Waals surface area contributed by atoms with Gasteiger partial charge in [0.15, 0.2) is 5.13 Å². The molecule has 178 valence electrons. The summed E-state index contributed by atoms with van der Waals surface area (Å²) in [5.41, 5.74) is 3.04. The number of anilines is 1. The Kier molecular flexibility index (Phi) is 7.57. The fraction of sp³-hybridized carbons (Fsp3) is 0.320. The molecule has 34 heavy (non-hydrogen) atoms. The summed E-state index contributed by atoms with van der Waals surface area (Å²) in [7, 11) is 1.67. The van der Waals surface area contributed by atoms with Gasteiger partial charge in [0.1, 0.15) is 11.2 Å². The topological polar surface area (TPSA) is 96.4 Å². The highest BCUT2D eigenvalue weighted by atomic mass is 32.1. The first-order chi connectivity index (χ1) is 16.4. The first-order valence-corrected chi connectivity index (χ1v) is 12.7. The number of rotatable bonds is 9. The van der Waals surface area contributed by atoms with Crippen molar-refractivity contribution in [3.8, 4) is 10.6 Å². The van der Waals surface area contributed by atoms with E-state index in [1.807, 2.05) is 61.7 Å². The van der Waals surface area contributed by atoms with Gasteiger partial charge < -0.3 is 20.5 Å². The summed E-state index contributed by atoms with van der Waals surface area (Å²) in [5.74, 6) is -0.0894. The highest BCUT2D eigenvalue weighted by Gasteiger charge is 2.28. The number of ether oxygens (including phenoxy) is 1. The Labute approximate surface area is 207 Å². The molecule has 0 radical (unpaired) electrons. The van der Waals surface area contributed by atoms with Crippen LogP contribution in [0.1, 0.15) is 40.8 Å². The number of carbonyl (C=O) groups is 1. The van der Waals surface area contributed by atoms with Gasteiger partial charge in [-0.25, -0.2) is 9.97 Å². The molecule has 0 saturated heterocycles. The number of thiazole rings is 2. The maximum atomic E-state index is 12.7. The van der Waals surface area contributed by atoms with Crippen molar-refractivity contribution in [2.24, 2.45) is 0 Å². The SMILES string of the molecule is COC(CC1=CC=CC(C)(NC(=O)c2ccccc2)C1)Nc1nc(-c2sc(CO)nc2C)cs1. The number of allylic oxidation sites excluding steroid dienone is 2. The molecule has 3 aromatic rings. The predicted molar refractivity (Wildman–Crippen MR) is 137 cm³/mol. The first kappa shape index (κ1) is 24.3. The number of hydrogen-bond acceptors (Lipinski definition) is 8. The number of hydrogen-bond donors (Lipinski definition) is 3. The summed E-state index contributed by atoms with van der Waals surface area (Å²) in [6.07, 6.45) is 7.18. The Morgan fingerprint density at radius 1 is 1.29 bits per heavy atom. The van der Waals surface area contributed by atoms with Crippen LogP contribution in [-0.4, -0.2) is 39.9 Å². The summed E-state index contributed by atoms with van der Waals surface area (Å²) in [4.78, 5) is 22.7. The van der Waals surface area contributed by atoms with Crippen LogP contribution in [-0.2, 0) is 11.3 Å². The molecule has 1 aromatic carbocycles. The second-order valence-electron chi connectivity index (χ2n) is 8.39. The van der Waals surface area contributed by atoms with Crippen molar-refractivity contribution in [1.82, 2.24) is 15.3 Å². The lowest BCUT2D eigenvalue weighted by atomic mass is 9.86. The van der Waals surface area contributed by atoms with E-state index in [-0.39, 0.29) is 18.7 Å². The van der Waals surface area contributed by atoms with Crippen LogP contribution in [0.4, 0.5) is 5.13 Å². The summed E-state index contributed by atoms with van der Waals surface area (Å²) in [5, 5.41) is 19.3. The molecule has 1 aliphatic rings. The zero-order valence-corrected chi connectivity index (χ0v) is 21.0. The average molecular weight is 497 g/mol. The molecule has 0 bridgehead atoms. The molecule has 4 rings (SSSR count). The van der Waals surface area contributed by atoms with Crippen LogP contribution in [0.25, 0.3) is 10.6 Å². The van der Waals surface area contributed by atoms with Crippen LogP contribution in [0.2, 0.25) is 0 Å². The molecular formula is C25H28N4O3S2. The number of aliphatic hydroxyl groups excluding tert-OH is 1. The summed E-state index contributed by atoms with van der Waals surface area (Å²) >= 11 is 2.96. The minimum Gasteiger partial charge on any atom is -0.389 e. The third-order valence-electron chi connectivity index (χ3n) is 5.55. The van der Waals surface area contributed by atoms with Crippen LogP contribution < -0.4 is 10.6 Å². The van der Waals surface area contributed by atoms with E-state index in [1.165, 1.54) is 28.2 Å². The Balaban J connectivity index is 1.38. The maximum Gasteiger partial charge on any atom is 0.251 e. The molecular weight excluding hydrogens is 468 g/mol. The van der Waals surface area contributed by atoms with Gasteiger partial charge in [-0.15, -0.1) is 22.7 Å². The molecule has 2 heterocycles. The summed E-state index contributed by atoms with van der Waals surface area (Å²) < 4.78 is 5.70. The lowest BCUT2D eigenvalue weighted by molar-refractivity contribution is 0.0919. The van der Waals surface area contributed by atoms with E-state index < -0.39 is 5.54 Å². The largest absolute Gasteiger partial charge is 0.389 e. The first-order valence-electron chi connectivity index (χ1n) is 11.0. The Hall–Kier alpha value is -2.85. The summed E-state index contributed by atoms with van der Waals surface area (Å²) in [6, 6.07) is 9.25. The van der Waals surface area contributed by atoms with Gasteiger partial charge in [0.05, 0.1) is 28.4 Å². The molecule has 0 spiro atoms. The van der Waals surface area contributed by atoms with E-state index in [1.54, 1.807) is 7.11 Å². The van der Waals surface area contributed by atoms with Gasteiger partial charge in [-0.2, -0.15) is 0 Å². The Morgan fingerprint density at radius 3 is 2.79 bits per heavy atom. The molecule has 3 N–H and O–H groups in total. The van der Waals surface area contributed by atoms with Gasteiger partial charge in [-0.05, 0) is 32.4 Å². The zero-order valence-electron chi connectivity index (χ0n) is 19.4. The quantitative estimate of drug-likeness (QED) is 0.364. The van der Waals surface area contributed by atoms with Crippen LogP contribution >= 0.6 is 22.7 Å². The molecule has 0 fully saturated rings. The van der Waals surface area contributed by atoms with Gasteiger partial charge in [-0.1, -0.05) is 42.0 Å². The van der Waals surface area contributed by atoms with Gasteiger partial charge in [0.2, 0.25) is 0 Å². The van der Waals surface area contributed by atoms with Crippen molar-refractivity contribution in [3.05, 3.63) is 75.8 Å². The standard InChI is InChI=1S/C25H28N4O3S2/c1-16-22(34-21(14-30)26-16)19-15-33-24(27-19)28-20(32-3)12-17-8-7-11-25(2,13-17)29-23(31)18-9-5-4-6-10-18/h4-11,15,20,30H,12-14H2,1-3H3,(H,27,28)(H,29,31). The second kappa shape index (κ2) is 10.6. The third-order valence-corrected chi connectivity index (χ3v) is 7.49. The maximum absolute atomic E-state index is 12.7. The van der Waals surface area contributed by atoms with Crippen LogP contribution in [0.3, 0.4) is 0 Å². The molecule has 0 aliphatic heterocycles. The molecule has 1 amide bonds. The van der Waals surface area contributed by atoms with E-state index in [9.17, 15) is 9.90 Å². The number of carbonyl (C=O) groups excluding carboxylic acids is 1. The minimum absolute atomic E-state index is 0.0687. The van der Waals surface area contributed by atoms with Gasteiger partial charge in [0.25, 0.3) is 5.91 Å². The van der Waals surface area contributed by atoms with Crippen molar-refractivity contribution >= 4 is 33.7 Å². The van der Waals surface area contributed by atoms with Gasteiger partial charge >= 0.3 is 0 Å². The smallest absolute Gasteiger partial charge is 0.251 e. The minimum atomic E-state index is -0.474. The number of aryl methyl sites for hydroxylation is 1. The molecule has 2 atom stereocenters. The molecule has 1 aliphatic carbocycles. The van der Waals surface area contributed by atoms with E-state index in [0.717, 1.165) is 21.4 Å². The lowest BCUT2D eigenvalue weighted by Gasteiger charge is -2.32.